The fourth-order valence-electron chi connectivity index (χ4n) is 7.47. The van der Waals surface area contributed by atoms with Gasteiger partial charge in [0.25, 0.3) is 5.56 Å². The minimum Gasteiger partial charge on any atom is -0.508 e. The highest BCUT2D eigenvalue weighted by Crippen LogP contribution is 2.40. The molecule has 4 aromatic rings. The first-order valence-electron chi connectivity index (χ1n) is 14.8. The van der Waals surface area contributed by atoms with Crippen LogP contribution in [-0.2, 0) is 0 Å². The zero-order valence-electron chi connectivity index (χ0n) is 23.4. The maximum atomic E-state index is 14.4. The number of hydrogen-bond donors (Lipinski definition) is 3. The van der Waals surface area contributed by atoms with E-state index in [-0.39, 0.29) is 41.5 Å². The van der Waals surface area contributed by atoms with Crippen molar-refractivity contribution < 1.29 is 14.2 Å². The van der Waals surface area contributed by atoms with Crippen molar-refractivity contribution >= 4 is 38.8 Å². The highest BCUT2D eigenvalue weighted by molar-refractivity contribution is 6.36. The Balaban J connectivity index is 1.28. The average Bonchev–Trinajstić information content (AvgIpc) is 3.51. The van der Waals surface area contributed by atoms with Gasteiger partial charge in [0.2, 0.25) is 0 Å². The summed E-state index contributed by atoms with van der Waals surface area (Å²) in [6.07, 6.45) is 5.84. The molecule has 0 radical (unpaired) electrons. The first-order chi connectivity index (χ1) is 20.9. The molecule has 0 aliphatic carbocycles. The van der Waals surface area contributed by atoms with E-state index in [9.17, 15) is 14.3 Å². The Morgan fingerprint density at radius 1 is 1.23 bits per heavy atom. The van der Waals surface area contributed by atoms with E-state index >= 15 is 0 Å². The maximum Gasteiger partial charge on any atom is 0.317 e. The first kappa shape index (κ1) is 26.9. The Morgan fingerprint density at radius 2 is 2.14 bits per heavy atom. The van der Waals surface area contributed by atoms with Gasteiger partial charge in [-0.15, -0.1) is 0 Å². The van der Waals surface area contributed by atoms with E-state index < -0.39 is 11.7 Å². The van der Waals surface area contributed by atoms with Crippen LogP contribution in [0.1, 0.15) is 31.4 Å². The average molecular weight is 604 g/mol. The molecule has 0 saturated carbocycles. The lowest BCUT2D eigenvalue weighted by Crippen LogP contribution is -2.56. The predicted molar refractivity (Wildman–Crippen MR) is 162 cm³/mol. The predicted octanol–water partition coefficient (Wildman–Crippen LogP) is 3.36. The lowest BCUT2D eigenvalue weighted by Gasteiger charge is -2.35. The number of phenolic OH excluding ortho intramolecular Hbond substituents is 1. The number of aromatic nitrogens is 4. The molecule has 3 saturated heterocycles. The third-order valence-corrected chi connectivity index (χ3v) is 9.66. The highest BCUT2D eigenvalue weighted by Gasteiger charge is 2.49. The van der Waals surface area contributed by atoms with E-state index in [1.54, 1.807) is 24.4 Å². The van der Waals surface area contributed by atoms with Crippen LogP contribution in [0.15, 0.2) is 47.4 Å². The van der Waals surface area contributed by atoms with Crippen LogP contribution in [0, 0.1) is 0 Å². The van der Waals surface area contributed by atoms with E-state index in [1.165, 1.54) is 10.7 Å². The normalized spacial score (nSPS) is 27.0. The van der Waals surface area contributed by atoms with Gasteiger partial charge in [0.05, 0.1) is 33.5 Å². The second kappa shape index (κ2) is 10.2. The van der Waals surface area contributed by atoms with Crippen LogP contribution >= 0.6 is 11.6 Å². The number of halogens is 2. The third kappa shape index (κ3) is 4.57. The van der Waals surface area contributed by atoms with Crippen LogP contribution in [0.2, 0.25) is 5.02 Å². The summed E-state index contributed by atoms with van der Waals surface area (Å²) in [7, 11) is 0. The molecule has 4 atom stereocenters. The number of piperazine rings is 1. The molecule has 3 fully saturated rings. The number of rotatable bonds is 5. The van der Waals surface area contributed by atoms with Crippen LogP contribution in [0.3, 0.4) is 0 Å². The van der Waals surface area contributed by atoms with E-state index in [1.807, 2.05) is 6.07 Å². The van der Waals surface area contributed by atoms with Crippen molar-refractivity contribution in [2.75, 3.05) is 32.8 Å². The van der Waals surface area contributed by atoms with Gasteiger partial charge < -0.3 is 20.5 Å². The van der Waals surface area contributed by atoms with Gasteiger partial charge in [-0.1, -0.05) is 29.8 Å². The van der Waals surface area contributed by atoms with Gasteiger partial charge in [0, 0.05) is 49.6 Å². The van der Waals surface area contributed by atoms with Gasteiger partial charge >= 0.3 is 6.01 Å². The molecule has 2 bridgehead atoms. The standard InChI is InChI=1S/C31H31ClFN7O3/c32-24-4-1-3-17-9-22(41)10-25(26(17)24)40-29(42)28-23(14-35-40)27(18-7-20-12-34-13-21(8-18)36-20)37-30(38-28)43-16-31-5-2-6-39(31)15-19(33)11-31/h1,3-4,7,9-10,14,19-21,34,36,41H,2,5-6,8,11-13,15-16H2/t19-,20?,21?,31+/m1/s1. The number of fused-ring (bicyclic) bond motifs is 5. The largest absolute Gasteiger partial charge is 0.508 e. The smallest absolute Gasteiger partial charge is 0.317 e. The Morgan fingerprint density at radius 3 is 3.02 bits per heavy atom. The van der Waals surface area contributed by atoms with Crippen LogP contribution in [0.5, 0.6) is 11.8 Å². The number of benzene rings is 2. The minimum atomic E-state index is -0.882. The Kier molecular flexibility index (Phi) is 6.41. The molecule has 0 amide bonds. The monoisotopic (exact) mass is 603 g/mol. The Hall–Kier alpha value is -3.64. The molecule has 2 aromatic heterocycles. The molecule has 222 valence electrons. The molecular formula is C31H31ClFN7O3. The third-order valence-electron chi connectivity index (χ3n) is 9.35. The molecule has 43 heavy (non-hydrogen) atoms. The summed E-state index contributed by atoms with van der Waals surface area (Å²) >= 11 is 6.57. The summed E-state index contributed by atoms with van der Waals surface area (Å²) in [5.74, 6) is -0.0194. The van der Waals surface area contributed by atoms with E-state index in [2.05, 4.69) is 31.7 Å². The molecule has 4 aliphatic rings. The van der Waals surface area contributed by atoms with Crippen molar-refractivity contribution in [3.63, 3.8) is 0 Å². The number of nitrogens with one attached hydrogen (secondary N) is 2. The zero-order chi connectivity index (χ0) is 29.3. The molecule has 8 rings (SSSR count). The van der Waals surface area contributed by atoms with E-state index in [4.69, 9.17) is 21.3 Å². The van der Waals surface area contributed by atoms with Crippen LogP contribution in [0.4, 0.5) is 4.39 Å². The van der Waals surface area contributed by atoms with Crippen molar-refractivity contribution in [2.45, 2.75) is 49.5 Å². The van der Waals surface area contributed by atoms with Gasteiger partial charge in [0.1, 0.15) is 24.0 Å². The molecule has 6 heterocycles. The molecular weight excluding hydrogens is 573 g/mol. The second-order valence-corrected chi connectivity index (χ2v) is 12.6. The molecule has 0 spiro atoms. The van der Waals surface area contributed by atoms with Gasteiger partial charge in [0.15, 0.2) is 0 Å². The van der Waals surface area contributed by atoms with Gasteiger partial charge in [-0.25, -0.2) is 4.39 Å². The van der Waals surface area contributed by atoms with Crippen molar-refractivity contribution in [2.24, 2.45) is 0 Å². The van der Waals surface area contributed by atoms with Crippen LogP contribution < -0.4 is 20.9 Å². The van der Waals surface area contributed by atoms with Crippen molar-refractivity contribution in [3.8, 4) is 17.4 Å². The number of aromatic hydroxyl groups is 1. The number of alkyl halides is 1. The molecule has 2 unspecified atom stereocenters. The summed E-state index contributed by atoms with van der Waals surface area (Å²) in [4.78, 5) is 25.9. The van der Waals surface area contributed by atoms with Gasteiger partial charge in [-0.2, -0.15) is 19.7 Å². The summed E-state index contributed by atoms with van der Waals surface area (Å²) in [5.41, 5.74) is 1.24. The summed E-state index contributed by atoms with van der Waals surface area (Å²) in [6, 6.07) is 8.84. The number of hydrogen-bond acceptors (Lipinski definition) is 9. The number of phenols is 1. The summed E-state index contributed by atoms with van der Waals surface area (Å²) in [5, 5.41) is 24.3. The summed E-state index contributed by atoms with van der Waals surface area (Å²) in [6.45, 7) is 3.15. The molecule has 10 nitrogen and oxygen atoms in total. The molecule has 12 heteroatoms. The lowest BCUT2D eigenvalue weighted by molar-refractivity contribution is 0.107. The fourth-order valence-corrected chi connectivity index (χ4v) is 7.74. The van der Waals surface area contributed by atoms with E-state index in [0.717, 1.165) is 38.0 Å². The first-order valence-corrected chi connectivity index (χ1v) is 15.2. The van der Waals surface area contributed by atoms with Crippen LogP contribution in [-0.4, -0.2) is 86.3 Å². The number of ether oxygens (including phenoxy) is 1. The van der Waals surface area contributed by atoms with Crippen molar-refractivity contribution in [1.29, 1.82) is 0 Å². The van der Waals surface area contributed by atoms with Gasteiger partial charge in [-0.3, -0.25) is 9.69 Å². The minimum absolute atomic E-state index is 0.0194. The van der Waals surface area contributed by atoms with E-state index in [0.29, 0.717) is 51.9 Å². The molecule has 3 N–H and O–H groups in total. The molecule has 2 aromatic carbocycles. The summed E-state index contributed by atoms with van der Waals surface area (Å²) < 4.78 is 21.9. The number of nitrogens with zero attached hydrogens (tertiary/aromatic N) is 5. The van der Waals surface area contributed by atoms with Crippen LogP contribution in [0.25, 0.3) is 32.9 Å². The Labute approximate surface area is 251 Å². The second-order valence-electron chi connectivity index (χ2n) is 12.2. The van der Waals surface area contributed by atoms with Gasteiger partial charge in [-0.05, 0) is 48.9 Å². The lowest BCUT2D eigenvalue weighted by atomic mass is 9.92. The maximum absolute atomic E-state index is 14.4. The fraction of sp³-hybridized carbons (Fsp3) is 0.419. The van der Waals surface area contributed by atoms with Crippen molar-refractivity contribution in [3.05, 3.63) is 63.7 Å². The zero-order valence-corrected chi connectivity index (χ0v) is 24.1. The topological polar surface area (TPSA) is 117 Å². The Bertz CT molecular complexity index is 1870. The highest BCUT2D eigenvalue weighted by atomic mass is 35.5. The quantitative estimate of drug-likeness (QED) is 0.316. The SMILES string of the molecule is O=c1c2nc(OC[C@@]34CCCN3C[C@H](F)C4)nc(C3=CC4CNCC(C3)N4)c2cnn1-c1cc(O)cc2cccc(Cl)c12. The van der Waals surface area contributed by atoms with Crippen molar-refractivity contribution in [1.82, 2.24) is 35.3 Å². The molecule has 4 aliphatic heterocycles.